The van der Waals surface area contributed by atoms with E-state index in [9.17, 15) is 9.59 Å². The lowest BCUT2D eigenvalue weighted by atomic mass is 10.4. The Morgan fingerprint density at radius 3 is 2.00 bits per heavy atom. The van der Waals surface area contributed by atoms with E-state index >= 15 is 0 Å². The van der Waals surface area contributed by atoms with E-state index in [0.29, 0.717) is 0 Å². The third-order valence-corrected chi connectivity index (χ3v) is 0.394. The van der Waals surface area contributed by atoms with Crippen molar-refractivity contribution in [2.45, 2.75) is 6.92 Å². The SMILES string of the molecule is [B]OC(=O)C(C)=O. The molecule has 7 heavy (non-hydrogen) atoms. The van der Waals surface area contributed by atoms with E-state index < -0.39 is 11.8 Å². The third kappa shape index (κ3) is 1.97. The second-order valence-corrected chi connectivity index (χ2v) is 0.961. The van der Waals surface area contributed by atoms with Crippen LogP contribution in [0.5, 0.6) is 0 Å². The minimum Gasteiger partial charge on any atom is -0.538 e. The molecule has 0 bridgehead atoms. The Labute approximate surface area is 42.1 Å². The summed E-state index contributed by atoms with van der Waals surface area (Å²) in [4.78, 5) is 19.6. The van der Waals surface area contributed by atoms with Crippen LogP contribution in [0.2, 0.25) is 0 Å². The number of carbonyl (C=O) groups is 2. The molecule has 0 aliphatic heterocycles. The van der Waals surface area contributed by atoms with Crippen LogP contribution >= 0.6 is 0 Å². The van der Waals surface area contributed by atoms with Gasteiger partial charge in [-0.3, -0.25) is 4.79 Å². The van der Waals surface area contributed by atoms with Crippen LogP contribution in [0.3, 0.4) is 0 Å². The fraction of sp³-hybridized carbons (Fsp3) is 0.333. The molecule has 0 N–H and O–H groups in total. The van der Waals surface area contributed by atoms with Crippen molar-refractivity contribution in [3.05, 3.63) is 0 Å². The highest BCUT2D eigenvalue weighted by Gasteiger charge is 2.02. The predicted molar refractivity (Wildman–Crippen MR) is 22.5 cm³/mol. The van der Waals surface area contributed by atoms with Crippen LogP contribution in [-0.2, 0) is 14.2 Å². The van der Waals surface area contributed by atoms with Crippen LogP contribution in [0.1, 0.15) is 6.92 Å². The molecule has 0 aromatic rings. The van der Waals surface area contributed by atoms with Crippen molar-refractivity contribution in [3.8, 4) is 0 Å². The molecule has 0 aliphatic rings. The molecule has 0 aromatic carbocycles. The summed E-state index contributed by atoms with van der Waals surface area (Å²) in [7, 11) is 4.30. The number of rotatable bonds is 1. The third-order valence-electron chi connectivity index (χ3n) is 0.394. The molecule has 0 unspecified atom stereocenters. The van der Waals surface area contributed by atoms with E-state index in [-0.39, 0.29) is 0 Å². The molecule has 4 heteroatoms. The maximum absolute atomic E-state index is 9.82. The van der Waals surface area contributed by atoms with Gasteiger partial charge in [0.25, 0.3) is 0 Å². The summed E-state index contributed by atoms with van der Waals surface area (Å²) in [5.74, 6) is -1.71. The number of hydrogen-bond donors (Lipinski definition) is 0. The Bertz CT molecular complexity index is 98.4. The van der Waals surface area contributed by atoms with Gasteiger partial charge >= 0.3 is 14.0 Å². The highest BCUT2D eigenvalue weighted by Crippen LogP contribution is 1.70. The maximum atomic E-state index is 9.82. The largest absolute Gasteiger partial charge is 0.538 e. The topological polar surface area (TPSA) is 43.4 Å². The van der Waals surface area contributed by atoms with Crippen LogP contribution in [0.25, 0.3) is 0 Å². The van der Waals surface area contributed by atoms with E-state index in [1.54, 1.807) is 0 Å². The summed E-state index contributed by atoms with van der Waals surface area (Å²) in [6, 6.07) is 0. The number of Topliss-reactive ketones (excluding diaryl/α,β-unsaturated/α-hetero) is 1. The van der Waals surface area contributed by atoms with Gasteiger partial charge in [-0.1, -0.05) is 0 Å². The number of ketones is 1. The lowest BCUT2D eigenvalue weighted by Crippen LogP contribution is -2.11. The van der Waals surface area contributed by atoms with E-state index in [4.69, 9.17) is 0 Å². The summed E-state index contributed by atoms with van der Waals surface area (Å²) >= 11 is 0. The fourth-order valence-corrected chi connectivity index (χ4v) is 0.0830. The van der Waals surface area contributed by atoms with Crippen molar-refractivity contribution < 1.29 is 14.2 Å². The quantitative estimate of drug-likeness (QED) is 0.318. The highest BCUT2D eigenvalue weighted by molar-refractivity contribution is 6.36. The Balaban J connectivity index is 3.58. The molecule has 0 amide bonds. The summed E-state index contributed by atoms with van der Waals surface area (Å²) in [6.07, 6.45) is 0. The molecule has 0 rings (SSSR count). The minimum absolute atomic E-state index is 0.692. The van der Waals surface area contributed by atoms with E-state index in [2.05, 4.69) is 12.7 Å². The zero-order valence-corrected chi connectivity index (χ0v) is 3.80. The first-order chi connectivity index (χ1) is 3.18. The summed E-state index contributed by atoms with van der Waals surface area (Å²) < 4.78 is 3.52. The van der Waals surface area contributed by atoms with Crippen LogP contribution in [0.4, 0.5) is 0 Å². The van der Waals surface area contributed by atoms with Gasteiger partial charge in [-0.05, 0) is 0 Å². The minimum atomic E-state index is -1.01. The second kappa shape index (κ2) is 2.39. The van der Waals surface area contributed by atoms with Gasteiger partial charge in [-0.15, -0.1) is 0 Å². The Morgan fingerprint density at radius 1 is 1.57 bits per heavy atom. The first-order valence-corrected chi connectivity index (χ1v) is 1.60. The van der Waals surface area contributed by atoms with Crippen molar-refractivity contribution in [3.63, 3.8) is 0 Å². The van der Waals surface area contributed by atoms with Gasteiger partial charge in [0.2, 0.25) is 5.78 Å². The van der Waals surface area contributed by atoms with Crippen LogP contribution in [0, 0.1) is 0 Å². The predicted octanol–water partition coefficient (Wildman–Crippen LogP) is -0.798. The van der Waals surface area contributed by atoms with Gasteiger partial charge in [0.15, 0.2) is 0 Å². The van der Waals surface area contributed by atoms with Crippen LogP contribution in [-0.4, -0.2) is 19.8 Å². The van der Waals surface area contributed by atoms with Gasteiger partial charge < -0.3 is 4.65 Å². The Hall–Kier alpha value is -0.795. The van der Waals surface area contributed by atoms with Gasteiger partial charge in [-0.2, -0.15) is 0 Å². The molecule has 0 aromatic heterocycles. The molecule has 3 nitrogen and oxygen atoms in total. The van der Waals surface area contributed by atoms with Crippen molar-refractivity contribution in [2.75, 3.05) is 0 Å². The molecule has 0 saturated carbocycles. The van der Waals surface area contributed by atoms with Crippen LogP contribution < -0.4 is 0 Å². The van der Waals surface area contributed by atoms with Crippen molar-refractivity contribution >= 4 is 19.8 Å². The maximum Gasteiger partial charge on any atom is 0.378 e. The Morgan fingerprint density at radius 2 is 2.00 bits per heavy atom. The number of hydrogen-bond acceptors (Lipinski definition) is 3. The molecule has 0 atom stereocenters. The molecule has 2 radical (unpaired) electrons. The van der Waals surface area contributed by atoms with Gasteiger partial charge in [-0.25, -0.2) is 4.79 Å². The molecule has 0 saturated heterocycles. The smallest absolute Gasteiger partial charge is 0.378 e. The molecular formula is C3H3BO3. The highest BCUT2D eigenvalue weighted by atomic mass is 16.5. The van der Waals surface area contributed by atoms with E-state index in [1.165, 1.54) is 0 Å². The monoisotopic (exact) mass is 98.0 g/mol. The lowest BCUT2D eigenvalue weighted by Gasteiger charge is -1.87. The first kappa shape index (κ1) is 6.20. The second-order valence-electron chi connectivity index (χ2n) is 0.961. The van der Waals surface area contributed by atoms with Crippen molar-refractivity contribution in [2.24, 2.45) is 0 Å². The van der Waals surface area contributed by atoms with E-state index in [1.807, 2.05) is 0 Å². The average Bonchev–Trinajstić information content (AvgIpc) is 1.65. The standard InChI is InChI=1S/C3H3BO3/c1-2(5)3(6)7-4/h1H3. The molecule has 0 aliphatic carbocycles. The van der Waals surface area contributed by atoms with E-state index in [0.717, 1.165) is 6.92 Å². The van der Waals surface area contributed by atoms with Crippen molar-refractivity contribution in [1.29, 1.82) is 0 Å². The van der Waals surface area contributed by atoms with Crippen molar-refractivity contribution in [1.82, 2.24) is 0 Å². The Kier molecular flexibility index (Phi) is 2.12. The molecule has 0 heterocycles. The number of carbonyl (C=O) groups excluding carboxylic acids is 2. The lowest BCUT2D eigenvalue weighted by molar-refractivity contribution is -0.145. The average molecular weight is 97.9 g/mol. The molecule has 36 valence electrons. The summed E-state index contributed by atoms with van der Waals surface area (Å²) in [5, 5.41) is 0. The summed E-state index contributed by atoms with van der Waals surface area (Å²) in [6.45, 7) is 1.08. The normalized spacial score (nSPS) is 7.57. The van der Waals surface area contributed by atoms with Gasteiger partial charge in [0, 0.05) is 6.92 Å². The first-order valence-electron chi connectivity index (χ1n) is 1.60. The zero-order valence-electron chi connectivity index (χ0n) is 3.80. The van der Waals surface area contributed by atoms with Gasteiger partial charge in [0.1, 0.15) is 0 Å². The zero-order chi connectivity index (χ0) is 5.86. The molecule has 0 fully saturated rings. The summed E-state index contributed by atoms with van der Waals surface area (Å²) in [5.41, 5.74) is 0. The fourth-order valence-electron chi connectivity index (χ4n) is 0.0830. The molecular weight excluding hydrogens is 94.8 g/mol. The molecule has 0 spiro atoms. The van der Waals surface area contributed by atoms with Gasteiger partial charge in [0.05, 0.1) is 0 Å². The van der Waals surface area contributed by atoms with Crippen LogP contribution in [0.15, 0.2) is 0 Å².